The molecule has 1 amide bonds. The quantitative estimate of drug-likeness (QED) is 0.491. The Morgan fingerprint density at radius 2 is 1.64 bits per heavy atom. The van der Waals surface area contributed by atoms with E-state index in [4.69, 9.17) is 4.98 Å². The number of anilines is 5. The van der Waals surface area contributed by atoms with E-state index in [1.165, 1.54) is 4.31 Å². The molecule has 3 aliphatic rings. The van der Waals surface area contributed by atoms with Crippen LogP contribution in [0.15, 0.2) is 59.6 Å². The second-order valence-corrected chi connectivity index (χ2v) is 12.3. The van der Waals surface area contributed by atoms with E-state index in [-0.39, 0.29) is 16.8 Å². The number of sulfonamides is 1. The zero-order valence-corrected chi connectivity index (χ0v) is 22.6. The minimum Gasteiger partial charge on any atom is -0.393 e. The van der Waals surface area contributed by atoms with Gasteiger partial charge in [-0.3, -0.25) is 4.79 Å². The Hall–Kier alpha value is -3.54. The van der Waals surface area contributed by atoms with Gasteiger partial charge in [-0.1, -0.05) is 25.0 Å². The van der Waals surface area contributed by atoms with Gasteiger partial charge in [0.25, 0.3) is 5.91 Å². The Morgan fingerprint density at radius 1 is 0.949 bits per heavy atom. The van der Waals surface area contributed by atoms with Gasteiger partial charge in [0, 0.05) is 31.9 Å². The molecule has 204 valence electrons. The molecule has 2 N–H and O–H groups in total. The summed E-state index contributed by atoms with van der Waals surface area (Å²) in [5.74, 6) is 0.931. The number of fused-ring (bicyclic) bond motifs is 2. The van der Waals surface area contributed by atoms with E-state index in [2.05, 4.69) is 15.2 Å². The summed E-state index contributed by atoms with van der Waals surface area (Å²) in [6.07, 6.45) is 6.40. The number of hydrogen-bond donors (Lipinski definition) is 2. The second-order valence-electron chi connectivity index (χ2n) is 10.4. The highest BCUT2D eigenvalue weighted by atomic mass is 32.2. The first-order chi connectivity index (χ1) is 18.8. The fourth-order valence-corrected chi connectivity index (χ4v) is 7.18. The fourth-order valence-electron chi connectivity index (χ4n) is 5.71. The molecule has 0 spiro atoms. The number of rotatable bonds is 5. The van der Waals surface area contributed by atoms with Crippen LogP contribution < -0.4 is 15.1 Å². The molecule has 10 nitrogen and oxygen atoms in total. The van der Waals surface area contributed by atoms with Gasteiger partial charge in [0.2, 0.25) is 16.0 Å². The summed E-state index contributed by atoms with van der Waals surface area (Å²) in [7, 11) is -1.88. The first kappa shape index (κ1) is 25.7. The summed E-state index contributed by atoms with van der Waals surface area (Å²) in [6, 6.07) is 14.4. The minimum atomic E-state index is -3.63. The topological polar surface area (TPSA) is 119 Å². The van der Waals surface area contributed by atoms with Crippen LogP contribution in [0.5, 0.6) is 0 Å². The number of hydrogen-bond acceptors (Lipinski definition) is 8. The molecule has 1 aliphatic carbocycles. The molecule has 3 heterocycles. The first-order valence-electron chi connectivity index (χ1n) is 13.4. The van der Waals surface area contributed by atoms with Crippen LogP contribution in [0.3, 0.4) is 0 Å². The molecule has 3 aromatic rings. The lowest BCUT2D eigenvalue weighted by molar-refractivity contribution is 0.0994. The SMILES string of the molecule is CN1C(=O)c2ccccc2N(C2CCCC2)c2nc(Nc3ccc(S(=O)(=O)N4CCC(O)CC4)cc3)ncc21. The molecule has 2 aromatic carbocycles. The third kappa shape index (κ3) is 4.75. The number of amides is 1. The molecule has 0 unspecified atom stereocenters. The van der Waals surface area contributed by atoms with Gasteiger partial charge in [0.05, 0.1) is 28.4 Å². The standard InChI is InChI=1S/C28H32N6O4S/c1-32-25-18-29-28(30-19-10-12-22(13-11-19)39(37,38)33-16-14-21(35)15-17-33)31-26(25)34(20-6-2-3-7-20)24-9-5-4-8-23(24)27(32)36/h4-5,8-13,18,20-21,35H,2-3,6-7,14-17H2,1H3,(H,29,30,31). The monoisotopic (exact) mass is 548 g/mol. The number of aromatic nitrogens is 2. The molecular weight excluding hydrogens is 516 g/mol. The normalized spacial score (nSPS) is 19.1. The zero-order chi connectivity index (χ0) is 27.1. The third-order valence-electron chi connectivity index (χ3n) is 7.90. The molecule has 11 heteroatoms. The highest BCUT2D eigenvalue weighted by molar-refractivity contribution is 7.89. The lowest BCUT2D eigenvalue weighted by atomic mass is 10.1. The van der Waals surface area contributed by atoms with Crippen molar-refractivity contribution in [1.82, 2.24) is 14.3 Å². The van der Waals surface area contributed by atoms with Gasteiger partial charge < -0.3 is 20.2 Å². The van der Waals surface area contributed by atoms with E-state index in [9.17, 15) is 18.3 Å². The Labute approximate surface area is 228 Å². The zero-order valence-electron chi connectivity index (χ0n) is 21.8. The van der Waals surface area contributed by atoms with Crippen molar-refractivity contribution in [2.45, 2.75) is 55.6 Å². The summed E-state index contributed by atoms with van der Waals surface area (Å²) < 4.78 is 27.5. The van der Waals surface area contributed by atoms with Gasteiger partial charge in [-0.2, -0.15) is 9.29 Å². The number of nitrogens with one attached hydrogen (secondary N) is 1. The maximum absolute atomic E-state index is 13.3. The second kappa shape index (κ2) is 10.2. The molecule has 0 atom stereocenters. The molecule has 39 heavy (non-hydrogen) atoms. The van der Waals surface area contributed by atoms with Gasteiger partial charge in [0.1, 0.15) is 5.69 Å². The molecule has 1 aromatic heterocycles. The number of carbonyl (C=O) groups excluding carboxylic acids is 1. The highest BCUT2D eigenvalue weighted by Crippen LogP contribution is 2.43. The van der Waals surface area contributed by atoms with E-state index in [1.54, 1.807) is 42.4 Å². The molecule has 6 rings (SSSR count). The van der Waals surface area contributed by atoms with Crippen LogP contribution in [0.25, 0.3) is 0 Å². The molecule has 2 fully saturated rings. The number of benzene rings is 2. The van der Waals surface area contributed by atoms with E-state index >= 15 is 0 Å². The van der Waals surface area contributed by atoms with Crippen LogP contribution >= 0.6 is 0 Å². The van der Waals surface area contributed by atoms with Crippen LogP contribution in [0.1, 0.15) is 48.9 Å². The van der Waals surface area contributed by atoms with Crippen LogP contribution in [-0.4, -0.2) is 66.0 Å². The highest BCUT2D eigenvalue weighted by Gasteiger charge is 2.35. The molecule has 0 bridgehead atoms. The van der Waals surface area contributed by atoms with Crippen LogP contribution in [-0.2, 0) is 10.0 Å². The predicted octanol–water partition coefficient (Wildman–Crippen LogP) is 4.04. The predicted molar refractivity (Wildman–Crippen MR) is 149 cm³/mol. The van der Waals surface area contributed by atoms with Gasteiger partial charge >= 0.3 is 0 Å². The number of nitrogens with zero attached hydrogens (tertiary/aromatic N) is 5. The van der Waals surface area contributed by atoms with Crippen molar-refractivity contribution in [3.05, 3.63) is 60.3 Å². The van der Waals surface area contributed by atoms with Gasteiger partial charge in [-0.15, -0.1) is 0 Å². The lowest BCUT2D eigenvalue weighted by Gasteiger charge is -2.31. The summed E-state index contributed by atoms with van der Waals surface area (Å²) in [5.41, 5.74) is 2.78. The van der Waals surface area contributed by atoms with E-state index in [0.717, 1.165) is 31.4 Å². The largest absolute Gasteiger partial charge is 0.393 e. The minimum absolute atomic E-state index is 0.100. The molecule has 0 radical (unpaired) electrons. The van der Waals surface area contributed by atoms with E-state index in [0.29, 0.717) is 54.6 Å². The Bertz CT molecular complexity index is 1480. The molecule has 1 saturated carbocycles. The molecule has 1 saturated heterocycles. The van der Waals surface area contributed by atoms with Crippen LogP contribution in [0.4, 0.5) is 28.8 Å². The van der Waals surface area contributed by atoms with Gasteiger partial charge in [0.15, 0.2) is 5.82 Å². The molecule has 2 aliphatic heterocycles. The van der Waals surface area contributed by atoms with Gasteiger partial charge in [-0.05, 0) is 62.1 Å². The van der Waals surface area contributed by atoms with Crippen molar-refractivity contribution in [3.8, 4) is 0 Å². The smallest absolute Gasteiger partial charge is 0.260 e. The summed E-state index contributed by atoms with van der Waals surface area (Å²) in [4.78, 5) is 26.7. The number of para-hydroxylation sites is 1. The average Bonchev–Trinajstić information content (AvgIpc) is 3.45. The Kier molecular flexibility index (Phi) is 6.74. The van der Waals surface area contributed by atoms with Crippen molar-refractivity contribution in [2.75, 3.05) is 35.3 Å². The van der Waals surface area contributed by atoms with E-state index < -0.39 is 16.1 Å². The summed E-state index contributed by atoms with van der Waals surface area (Å²) in [6.45, 7) is 0.619. The third-order valence-corrected chi connectivity index (χ3v) is 9.81. The number of aliphatic hydroxyl groups is 1. The summed E-state index contributed by atoms with van der Waals surface area (Å²) in [5, 5.41) is 12.9. The first-order valence-corrected chi connectivity index (χ1v) is 14.9. The molecular formula is C28H32N6O4S. The fraction of sp³-hybridized carbons (Fsp3) is 0.393. The maximum atomic E-state index is 13.3. The van der Waals surface area contributed by atoms with Crippen molar-refractivity contribution in [3.63, 3.8) is 0 Å². The lowest BCUT2D eigenvalue weighted by Crippen LogP contribution is -2.39. The number of carbonyl (C=O) groups is 1. The average molecular weight is 549 g/mol. The maximum Gasteiger partial charge on any atom is 0.260 e. The van der Waals surface area contributed by atoms with Crippen molar-refractivity contribution in [1.29, 1.82) is 0 Å². The number of piperidine rings is 1. The Morgan fingerprint density at radius 3 is 2.36 bits per heavy atom. The summed E-state index contributed by atoms with van der Waals surface area (Å²) >= 11 is 0. The van der Waals surface area contributed by atoms with Crippen molar-refractivity contribution >= 4 is 44.8 Å². The van der Waals surface area contributed by atoms with Crippen molar-refractivity contribution in [2.24, 2.45) is 0 Å². The van der Waals surface area contributed by atoms with Crippen molar-refractivity contribution < 1.29 is 18.3 Å². The van der Waals surface area contributed by atoms with Crippen LogP contribution in [0, 0.1) is 0 Å². The van der Waals surface area contributed by atoms with Gasteiger partial charge in [-0.25, -0.2) is 13.4 Å². The van der Waals surface area contributed by atoms with Crippen LogP contribution in [0.2, 0.25) is 0 Å². The number of aliphatic hydroxyl groups excluding tert-OH is 1. The van der Waals surface area contributed by atoms with E-state index in [1.807, 2.05) is 24.3 Å². The Balaban J connectivity index is 1.31.